The summed E-state index contributed by atoms with van der Waals surface area (Å²) in [6.45, 7) is 2.52. The molecule has 0 fully saturated rings. The fourth-order valence-electron chi connectivity index (χ4n) is 3.41. The highest BCUT2D eigenvalue weighted by Crippen LogP contribution is 2.36. The van der Waals surface area contributed by atoms with Gasteiger partial charge in [0.25, 0.3) is 5.56 Å². The zero-order valence-electron chi connectivity index (χ0n) is 15.8. The minimum atomic E-state index is -0.105. The summed E-state index contributed by atoms with van der Waals surface area (Å²) in [6.07, 6.45) is 3.03. The van der Waals surface area contributed by atoms with Crippen molar-refractivity contribution in [3.05, 3.63) is 45.1 Å². The Labute approximate surface area is 170 Å². The lowest BCUT2D eigenvalue weighted by atomic mass is 10.2. The number of thiophene rings is 1. The van der Waals surface area contributed by atoms with E-state index in [4.69, 9.17) is 9.72 Å². The molecule has 0 atom stereocenters. The van der Waals surface area contributed by atoms with Crippen molar-refractivity contribution < 1.29 is 9.53 Å². The summed E-state index contributed by atoms with van der Waals surface area (Å²) >= 11 is 2.88. The summed E-state index contributed by atoms with van der Waals surface area (Å²) in [5.41, 5.74) is 1.81. The van der Waals surface area contributed by atoms with Gasteiger partial charge < -0.3 is 10.1 Å². The van der Waals surface area contributed by atoms with Crippen molar-refractivity contribution in [3.8, 4) is 11.4 Å². The fourth-order valence-corrected chi connectivity index (χ4v) is 5.60. The Morgan fingerprint density at radius 3 is 2.82 bits per heavy atom. The van der Waals surface area contributed by atoms with Gasteiger partial charge in [0.05, 0.1) is 23.4 Å². The predicted octanol–water partition coefficient (Wildman–Crippen LogP) is 3.17. The summed E-state index contributed by atoms with van der Waals surface area (Å²) < 4.78 is 7.13. The average molecular weight is 416 g/mol. The summed E-state index contributed by atoms with van der Waals surface area (Å²) in [5, 5.41) is 3.88. The van der Waals surface area contributed by atoms with E-state index in [1.807, 2.05) is 31.2 Å². The van der Waals surface area contributed by atoms with E-state index in [1.165, 1.54) is 16.6 Å². The van der Waals surface area contributed by atoms with Crippen molar-refractivity contribution in [1.29, 1.82) is 0 Å². The molecule has 0 spiro atoms. The average Bonchev–Trinajstić information content (AvgIpc) is 3.28. The highest BCUT2D eigenvalue weighted by Gasteiger charge is 2.24. The van der Waals surface area contributed by atoms with Gasteiger partial charge in [0.1, 0.15) is 10.6 Å². The third-order valence-electron chi connectivity index (χ3n) is 4.73. The third-order valence-corrected chi connectivity index (χ3v) is 6.85. The van der Waals surface area contributed by atoms with Gasteiger partial charge in [0.2, 0.25) is 5.91 Å². The number of rotatable bonds is 6. The molecule has 28 heavy (non-hydrogen) atoms. The fraction of sp³-hybridized carbons (Fsp3) is 0.350. The molecule has 0 bridgehead atoms. The molecule has 6 nitrogen and oxygen atoms in total. The van der Waals surface area contributed by atoms with Crippen LogP contribution in [0.2, 0.25) is 0 Å². The maximum atomic E-state index is 13.5. The molecule has 0 unspecified atom stereocenters. The number of fused-ring (bicyclic) bond motifs is 3. The van der Waals surface area contributed by atoms with E-state index < -0.39 is 0 Å². The Morgan fingerprint density at radius 1 is 1.32 bits per heavy atom. The van der Waals surface area contributed by atoms with Crippen LogP contribution in [-0.4, -0.2) is 34.9 Å². The number of nitrogens with zero attached hydrogens (tertiary/aromatic N) is 2. The van der Waals surface area contributed by atoms with Crippen LogP contribution in [-0.2, 0) is 17.6 Å². The minimum absolute atomic E-state index is 0.0621. The van der Waals surface area contributed by atoms with Gasteiger partial charge in [0.15, 0.2) is 5.16 Å². The standard InChI is InChI=1S/C20H21N3O3S2/c1-3-26-13-9-7-12(8-10-13)23-19(25)17-14-5-4-6-15(14)28-18(17)22-20(23)27-11-16(24)21-2/h7-10H,3-6,11H2,1-2H3,(H,21,24). The molecule has 8 heteroatoms. The first-order valence-corrected chi connectivity index (χ1v) is 11.1. The van der Waals surface area contributed by atoms with Gasteiger partial charge in [-0.1, -0.05) is 11.8 Å². The lowest BCUT2D eigenvalue weighted by Gasteiger charge is -2.13. The van der Waals surface area contributed by atoms with E-state index in [2.05, 4.69) is 5.32 Å². The number of benzene rings is 1. The second kappa shape index (κ2) is 7.97. The van der Waals surface area contributed by atoms with Crippen LogP contribution in [0.15, 0.2) is 34.2 Å². The molecule has 1 aromatic carbocycles. The Kier molecular flexibility index (Phi) is 5.41. The van der Waals surface area contributed by atoms with E-state index in [0.717, 1.165) is 46.5 Å². The van der Waals surface area contributed by atoms with Gasteiger partial charge in [-0.15, -0.1) is 11.3 Å². The Morgan fingerprint density at radius 2 is 2.11 bits per heavy atom. The summed E-state index contributed by atoms with van der Waals surface area (Å²) in [6, 6.07) is 7.41. The van der Waals surface area contributed by atoms with Crippen LogP contribution in [0.4, 0.5) is 0 Å². The molecular formula is C20H21N3O3S2. The largest absolute Gasteiger partial charge is 0.494 e. The first kappa shape index (κ1) is 19.0. The smallest absolute Gasteiger partial charge is 0.267 e. The van der Waals surface area contributed by atoms with Crippen LogP contribution < -0.4 is 15.6 Å². The number of hydrogen-bond acceptors (Lipinski definition) is 6. The van der Waals surface area contributed by atoms with Crippen molar-refractivity contribution in [2.24, 2.45) is 0 Å². The monoisotopic (exact) mass is 415 g/mol. The van der Waals surface area contributed by atoms with E-state index >= 15 is 0 Å². The number of thioether (sulfide) groups is 1. The van der Waals surface area contributed by atoms with E-state index in [1.54, 1.807) is 23.0 Å². The first-order valence-electron chi connectivity index (χ1n) is 9.26. The Hall–Kier alpha value is -2.32. The predicted molar refractivity (Wildman–Crippen MR) is 113 cm³/mol. The zero-order chi connectivity index (χ0) is 19.7. The molecule has 1 amide bonds. The quantitative estimate of drug-likeness (QED) is 0.494. The molecule has 1 aliphatic rings. The van der Waals surface area contributed by atoms with Crippen molar-refractivity contribution in [2.45, 2.75) is 31.3 Å². The summed E-state index contributed by atoms with van der Waals surface area (Å²) in [4.78, 5) is 32.0. The van der Waals surface area contributed by atoms with Gasteiger partial charge in [-0.3, -0.25) is 14.2 Å². The Balaban J connectivity index is 1.86. The molecular weight excluding hydrogens is 394 g/mol. The van der Waals surface area contributed by atoms with E-state index in [9.17, 15) is 9.59 Å². The first-order chi connectivity index (χ1) is 13.6. The maximum Gasteiger partial charge on any atom is 0.267 e. The van der Waals surface area contributed by atoms with Crippen molar-refractivity contribution in [2.75, 3.05) is 19.4 Å². The number of carbonyl (C=O) groups excluding carboxylic acids is 1. The lowest BCUT2D eigenvalue weighted by Crippen LogP contribution is -2.24. The second-order valence-corrected chi connectivity index (χ2v) is 8.49. The number of amides is 1. The number of aryl methyl sites for hydroxylation is 2. The van der Waals surface area contributed by atoms with Gasteiger partial charge >= 0.3 is 0 Å². The van der Waals surface area contributed by atoms with Crippen LogP contribution in [0.1, 0.15) is 23.8 Å². The molecule has 3 aromatic rings. The van der Waals surface area contributed by atoms with Crippen LogP contribution in [0.5, 0.6) is 5.75 Å². The molecule has 0 aliphatic heterocycles. The topological polar surface area (TPSA) is 73.2 Å². The second-order valence-electron chi connectivity index (χ2n) is 6.46. The van der Waals surface area contributed by atoms with Gasteiger partial charge in [-0.05, 0) is 56.0 Å². The molecule has 1 N–H and O–H groups in total. The maximum absolute atomic E-state index is 13.5. The highest BCUT2D eigenvalue weighted by atomic mass is 32.2. The van der Waals surface area contributed by atoms with Crippen LogP contribution >= 0.6 is 23.1 Å². The summed E-state index contributed by atoms with van der Waals surface area (Å²) in [5.74, 6) is 0.854. The SMILES string of the molecule is CCOc1ccc(-n2c(SCC(=O)NC)nc3sc4c(c3c2=O)CCC4)cc1. The van der Waals surface area contributed by atoms with Crippen molar-refractivity contribution in [1.82, 2.24) is 14.9 Å². The van der Waals surface area contributed by atoms with Crippen LogP contribution in [0.25, 0.3) is 15.9 Å². The summed E-state index contributed by atoms with van der Waals surface area (Å²) in [7, 11) is 1.60. The van der Waals surface area contributed by atoms with Gasteiger partial charge in [-0.25, -0.2) is 4.98 Å². The molecule has 0 saturated heterocycles. The van der Waals surface area contributed by atoms with Crippen LogP contribution in [0.3, 0.4) is 0 Å². The van der Waals surface area contributed by atoms with Crippen molar-refractivity contribution >= 4 is 39.2 Å². The number of aromatic nitrogens is 2. The number of carbonyl (C=O) groups is 1. The molecule has 1 aliphatic carbocycles. The van der Waals surface area contributed by atoms with Crippen molar-refractivity contribution in [3.63, 3.8) is 0 Å². The molecule has 2 aromatic heterocycles. The molecule has 146 valence electrons. The molecule has 4 rings (SSSR count). The lowest BCUT2D eigenvalue weighted by molar-refractivity contribution is -0.118. The molecule has 2 heterocycles. The number of ether oxygens (including phenoxy) is 1. The number of nitrogens with one attached hydrogen (secondary N) is 1. The zero-order valence-corrected chi connectivity index (χ0v) is 17.4. The Bertz CT molecular complexity index is 1090. The normalized spacial score (nSPS) is 12.9. The van der Waals surface area contributed by atoms with E-state index in [0.29, 0.717) is 11.8 Å². The van der Waals surface area contributed by atoms with Gasteiger partial charge in [-0.2, -0.15) is 0 Å². The van der Waals surface area contributed by atoms with Crippen LogP contribution in [0, 0.1) is 0 Å². The van der Waals surface area contributed by atoms with Gasteiger partial charge in [0, 0.05) is 11.9 Å². The highest BCUT2D eigenvalue weighted by molar-refractivity contribution is 7.99. The molecule has 0 radical (unpaired) electrons. The number of hydrogen-bond donors (Lipinski definition) is 1. The third kappa shape index (κ3) is 3.42. The van der Waals surface area contributed by atoms with E-state index in [-0.39, 0.29) is 17.2 Å². The minimum Gasteiger partial charge on any atom is -0.494 e. The molecule has 0 saturated carbocycles.